The Morgan fingerprint density at radius 3 is 2.57 bits per heavy atom. The molecular weight excluding hydrogens is 290 g/mol. The van der Waals surface area contributed by atoms with Crippen LogP contribution in [0.3, 0.4) is 0 Å². The van der Waals surface area contributed by atoms with Crippen molar-refractivity contribution in [3.05, 3.63) is 17.5 Å². The normalized spacial score (nSPS) is 21.2. The summed E-state index contributed by atoms with van der Waals surface area (Å²) in [4.78, 5) is 15.9. The fourth-order valence-electron chi connectivity index (χ4n) is 4.03. The SMILES string of the molecule is Cc1nn(C)cc1CN1CCC2(CC1)CC(NC(=O)N(C)C)C2. The largest absolute Gasteiger partial charge is 0.335 e. The maximum Gasteiger partial charge on any atom is 0.317 e. The first-order chi connectivity index (χ1) is 10.9. The number of nitrogens with one attached hydrogen (secondary N) is 1. The third-order valence-corrected chi connectivity index (χ3v) is 5.52. The van der Waals surface area contributed by atoms with Crippen molar-refractivity contribution in [3.63, 3.8) is 0 Å². The van der Waals surface area contributed by atoms with E-state index in [4.69, 9.17) is 0 Å². The maximum absolute atomic E-state index is 11.7. The molecular formula is C17H29N5O. The van der Waals surface area contributed by atoms with E-state index >= 15 is 0 Å². The van der Waals surface area contributed by atoms with Crippen LogP contribution in [0.4, 0.5) is 4.79 Å². The van der Waals surface area contributed by atoms with Crippen LogP contribution in [0.15, 0.2) is 6.20 Å². The summed E-state index contributed by atoms with van der Waals surface area (Å²) in [6.07, 6.45) is 6.93. The number of amides is 2. The average molecular weight is 319 g/mol. The van der Waals surface area contributed by atoms with Gasteiger partial charge in [0.1, 0.15) is 0 Å². The van der Waals surface area contributed by atoms with Gasteiger partial charge in [0.15, 0.2) is 0 Å². The number of rotatable bonds is 3. The molecule has 1 aliphatic carbocycles. The molecule has 6 heteroatoms. The minimum absolute atomic E-state index is 0.0364. The second-order valence-electron chi connectivity index (χ2n) is 7.64. The standard InChI is InChI=1S/C17H29N5O/c1-13-14(11-21(4)19-13)12-22-7-5-17(6-8-22)9-15(10-17)18-16(23)20(2)3/h11,15H,5-10,12H2,1-4H3,(H,18,23). The Balaban J connectivity index is 1.45. The lowest BCUT2D eigenvalue weighted by atomic mass is 9.60. The van der Waals surface area contributed by atoms with Gasteiger partial charge in [-0.1, -0.05) is 0 Å². The van der Waals surface area contributed by atoms with Crippen LogP contribution in [0.1, 0.15) is 36.9 Å². The van der Waals surface area contributed by atoms with Gasteiger partial charge in [-0.15, -0.1) is 0 Å². The van der Waals surface area contributed by atoms with Gasteiger partial charge in [0.2, 0.25) is 0 Å². The van der Waals surface area contributed by atoms with Crippen LogP contribution in [0.5, 0.6) is 0 Å². The third kappa shape index (κ3) is 3.52. The Morgan fingerprint density at radius 1 is 1.39 bits per heavy atom. The molecule has 2 fully saturated rings. The summed E-state index contributed by atoms with van der Waals surface area (Å²) in [6.45, 7) is 5.41. The molecule has 2 aliphatic rings. The van der Waals surface area contributed by atoms with E-state index in [-0.39, 0.29) is 6.03 Å². The lowest BCUT2D eigenvalue weighted by Gasteiger charge is -2.52. The van der Waals surface area contributed by atoms with E-state index < -0.39 is 0 Å². The van der Waals surface area contributed by atoms with Crippen molar-refractivity contribution >= 4 is 6.03 Å². The van der Waals surface area contributed by atoms with Gasteiger partial charge in [-0.05, 0) is 51.1 Å². The molecule has 3 rings (SSSR count). The van der Waals surface area contributed by atoms with Crippen molar-refractivity contribution in [2.24, 2.45) is 12.5 Å². The number of piperidine rings is 1. The number of hydrogen-bond donors (Lipinski definition) is 1. The Labute approximate surface area is 138 Å². The van der Waals surface area contributed by atoms with E-state index in [1.165, 1.54) is 18.4 Å². The van der Waals surface area contributed by atoms with Gasteiger partial charge in [-0.25, -0.2) is 4.79 Å². The summed E-state index contributed by atoms with van der Waals surface area (Å²) < 4.78 is 1.90. The minimum Gasteiger partial charge on any atom is -0.335 e. The van der Waals surface area contributed by atoms with Crippen molar-refractivity contribution in [3.8, 4) is 0 Å². The Bertz CT molecular complexity index is 564. The summed E-state index contributed by atoms with van der Waals surface area (Å²) in [5.41, 5.74) is 2.96. The van der Waals surface area contributed by atoms with Crippen LogP contribution in [0, 0.1) is 12.3 Å². The molecule has 0 radical (unpaired) electrons. The summed E-state index contributed by atoms with van der Waals surface area (Å²) >= 11 is 0. The van der Waals surface area contributed by atoms with Crippen LogP contribution in [0.25, 0.3) is 0 Å². The predicted molar refractivity (Wildman–Crippen MR) is 90.1 cm³/mol. The molecule has 128 valence electrons. The highest BCUT2D eigenvalue weighted by molar-refractivity contribution is 5.74. The lowest BCUT2D eigenvalue weighted by molar-refractivity contribution is 0.00632. The van der Waals surface area contributed by atoms with Crippen molar-refractivity contribution in [2.75, 3.05) is 27.2 Å². The number of carbonyl (C=O) groups excluding carboxylic acids is 1. The fourth-order valence-corrected chi connectivity index (χ4v) is 4.03. The molecule has 1 aliphatic heterocycles. The number of urea groups is 1. The molecule has 6 nitrogen and oxygen atoms in total. The smallest absolute Gasteiger partial charge is 0.317 e. The third-order valence-electron chi connectivity index (χ3n) is 5.52. The molecule has 1 N–H and O–H groups in total. The summed E-state index contributed by atoms with van der Waals surface area (Å²) in [7, 11) is 5.57. The molecule has 2 heterocycles. The predicted octanol–water partition coefficient (Wildman–Crippen LogP) is 1.74. The van der Waals surface area contributed by atoms with Crippen molar-refractivity contribution in [1.82, 2.24) is 24.9 Å². The number of nitrogens with zero attached hydrogens (tertiary/aromatic N) is 4. The molecule has 1 spiro atoms. The fraction of sp³-hybridized carbons (Fsp3) is 0.765. The number of hydrogen-bond acceptors (Lipinski definition) is 3. The molecule has 0 unspecified atom stereocenters. The minimum atomic E-state index is 0.0364. The molecule has 1 saturated carbocycles. The van der Waals surface area contributed by atoms with Gasteiger partial charge in [-0.3, -0.25) is 9.58 Å². The summed E-state index contributed by atoms with van der Waals surface area (Å²) in [5.74, 6) is 0. The van der Waals surface area contributed by atoms with Gasteiger partial charge >= 0.3 is 6.03 Å². The van der Waals surface area contributed by atoms with Crippen molar-refractivity contribution in [2.45, 2.75) is 45.2 Å². The zero-order valence-corrected chi connectivity index (χ0v) is 14.8. The van der Waals surface area contributed by atoms with Gasteiger partial charge in [-0.2, -0.15) is 5.10 Å². The van der Waals surface area contributed by atoms with E-state index in [9.17, 15) is 4.79 Å². The number of aromatic nitrogens is 2. The van der Waals surface area contributed by atoms with Crippen LogP contribution in [-0.4, -0.2) is 58.8 Å². The molecule has 0 aromatic carbocycles. The molecule has 1 aromatic heterocycles. The Hall–Kier alpha value is -1.56. The molecule has 2 amide bonds. The van der Waals surface area contributed by atoms with Gasteiger partial charge in [0, 0.05) is 45.5 Å². The zero-order valence-electron chi connectivity index (χ0n) is 14.8. The van der Waals surface area contributed by atoms with Crippen molar-refractivity contribution in [1.29, 1.82) is 0 Å². The molecule has 0 bridgehead atoms. The topological polar surface area (TPSA) is 53.4 Å². The quantitative estimate of drug-likeness (QED) is 0.923. The van der Waals surface area contributed by atoms with Crippen LogP contribution >= 0.6 is 0 Å². The van der Waals surface area contributed by atoms with Gasteiger partial charge in [0.25, 0.3) is 0 Å². The lowest BCUT2D eigenvalue weighted by Crippen LogP contribution is -2.56. The number of aryl methyl sites for hydroxylation is 2. The maximum atomic E-state index is 11.7. The van der Waals surface area contributed by atoms with Crippen LogP contribution < -0.4 is 5.32 Å². The monoisotopic (exact) mass is 319 g/mol. The van der Waals surface area contributed by atoms with Gasteiger partial charge < -0.3 is 10.2 Å². The first kappa shape index (κ1) is 16.3. The van der Waals surface area contributed by atoms with E-state index in [1.807, 2.05) is 11.7 Å². The van der Waals surface area contributed by atoms with E-state index in [0.29, 0.717) is 11.5 Å². The average Bonchev–Trinajstić information content (AvgIpc) is 2.77. The van der Waals surface area contributed by atoms with Crippen LogP contribution in [0.2, 0.25) is 0 Å². The number of likely N-dealkylation sites (tertiary alicyclic amines) is 1. The zero-order chi connectivity index (χ0) is 16.6. The highest BCUT2D eigenvalue weighted by Gasteiger charge is 2.46. The molecule has 1 saturated heterocycles. The number of carbonyl (C=O) groups is 1. The van der Waals surface area contributed by atoms with Gasteiger partial charge in [0.05, 0.1) is 5.69 Å². The van der Waals surface area contributed by atoms with E-state index in [1.54, 1.807) is 19.0 Å². The van der Waals surface area contributed by atoms with Crippen molar-refractivity contribution < 1.29 is 4.79 Å². The molecule has 0 atom stereocenters. The second-order valence-corrected chi connectivity index (χ2v) is 7.64. The Kier molecular flexibility index (Phi) is 4.36. The van der Waals surface area contributed by atoms with E-state index in [0.717, 1.165) is 38.2 Å². The summed E-state index contributed by atoms with van der Waals surface area (Å²) in [6, 6.07) is 0.409. The highest BCUT2D eigenvalue weighted by atomic mass is 16.2. The van der Waals surface area contributed by atoms with Crippen LogP contribution in [-0.2, 0) is 13.6 Å². The first-order valence-electron chi connectivity index (χ1n) is 8.56. The van der Waals surface area contributed by atoms with E-state index in [2.05, 4.69) is 28.4 Å². The summed E-state index contributed by atoms with van der Waals surface area (Å²) in [5, 5.41) is 7.54. The molecule has 1 aromatic rings. The second kappa shape index (κ2) is 6.15. The molecule has 23 heavy (non-hydrogen) atoms. The first-order valence-corrected chi connectivity index (χ1v) is 8.56. The Morgan fingerprint density at radius 2 is 2.04 bits per heavy atom. The highest BCUT2D eigenvalue weighted by Crippen LogP contribution is 2.49.